The largest absolute Gasteiger partial charge is 0.378 e. The summed E-state index contributed by atoms with van der Waals surface area (Å²) in [5.41, 5.74) is 5.04. The summed E-state index contributed by atoms with van der Waals surface area (Å²) in [4.78, 5) is 26.8. The number of morpholine rings is 1. The lowest BCUT2D eigenvalue weighted by Gasteiger charge is -2.31. The summed E-state index contributed by atoms with van der Waals surface area (Å²) in [6.45, 7) is 5.96. The molecule has 1 aromatic heterocycles. The van der Waals surface area contributed by atoms with Crippen LogP contribution in [-0.2, 0) is 28.8 Å². The van der Waals surface area contributed by atoms with Gasteiger partial charge in [-0.15, -0.1) is 0 Å². The lowest BCUT2D eigenvalue weighted by atomic mass is 9.86. The third-order valence-corrected chi connectivity index (χ3v) is 6.91. The molecule has 0 bridgehead atoms. The average molecular weight is 436 g/mol. The number of carbonyl (C=O) groups excluding carboxylic acids is 1. The zero-order chi connectivity index (χ0) is 21.8. The van der Waals surface area contributed by atoms with Gasteiger partial charge in [0, 0.05) is 56.2 Å². The van der Waals surface area contributed by atoms with Gasteiger partial charge >= 0.3 is 0 Å². The number of benzene rings is 1. The first-order valence-electron chi connectivity index (χ1n) is 12.1. The number of fused-ring (bicyclic) bond motifs is 2. The zero-order valence-electron chi connectivity index (χ0n) is 18.8. The van der Waals surface area contributed by atoms with Crippen molar-refractivity contribution >= 4 is 17.5 Å². The summed E-state index contributed by atoms with van der Waals surface area (Å²) >= 11 is 0. The summed E-state index contributed by atoms with van der Waals surface area (Å²) in [5, 5.41) is 3.18. The highest BCUT2D eigenvalue weighted by atomic mass is 16.5. The van der Waals surface area contributed by atoms with E-state index in [1.165, 1.54) is 24.1 Å². The Bertz CT molecular complexity index is 944. The summed E-state index contributed by atoms with van der Waals surface area (Å²) in [6, 6.07) is 8.70. The molecule has 1 amide bonds. The summed E-state index contributed by atoms with van der Waals surface area (Å²) in [6.07, 6.45) is 7.72. The first kappa shape index (κ1) is 21.2. The number of carbonyl (C=O) groups is 1. The van der Waals surface area contributed by atoms with Gasteiger partial charge < -0.3 is 19.9 Å². The van der Waals surface area contributed by atoms with Gasteiger partial charge in [-0.2, -0.15) is 0 Å². The molecule has 32 heavy (non-hydrogen) atoms. The van der Waals surface area contributed by atoms with E-state index in [1.54, 1.807) is 0 Å². The number of nitrogens with one attached hydrogen (secondary N) is 1. The van der Waals surface area contributed by atoms with Gasteiger partial charge in [0.2, 0.25) is 11.9 Å². The van der Waals surface area contributed by atoms with Crippen LogP contribution in [0.1, 0.15) is 36.1 Å². The van der Waals surface area contributed by atoms with Crippen LogP contribution in [0.3, 0.4) is 0 Å². The molecule has 1 aliphatic carbocycles. The van der Waals surface area contributed by atoms with Gasteiger partial charge in [0.15, 0.2) is 0 Å². The van der Waals surface area contributed by atoms with E-state index in [0.29, 0.717) is 0 Å². The Morgan fingerprint density at radius 3 is 2.91 bits per heavy atom. The van der Waals surface area contributed by atoms with E-state index >= 15 is 0 Å². The van der Waals surface area contributed by atoms with Crippen molar-refractivity contribution in [1.82, 2.24) is 15.3 Å². The number of anilines is 2. The smallest absolute Gasteiger partial charge is 0.225 e. The number of aromatic nitrogens is 2. The number of hydrogen-bond acceptors (Lipinski definition) is 6. The van der Waals surface area contributed by atoms with E-state index in [2.05, 4.69) is 44.4 Å². The maximum absolute atomic E-state index is 12.8. The van der Waals surface area contributed by atoms with Gasteiger partial charge in [-0.3, -0.25) is 4.79 Å². The van der Waals surface area contributed by atoms with Crippen molar-refractivity contribution in [2.24, 2.45) is 5.92 Å². The fourth-order valence-electron chi connectivity index (χ4n) is 5.11. The molecule has 7 heteroatoms. The Hall–Kier alpha value is -2.67. The van der Waals surface area contributed by atoms with E-state index < -0.39 is 0 Å². The molecular weight excluding hydrogens is 402 g/mol. The molecule has 0 spiro atoms. The number of ether oxygens (including phenoxy) is 1. The molecule has 0 radical (unpaired) electrons. The van der Waals surface area contributed by atoms with E-state index in [1.807, 2.05) is 6.20 Å². The molecule has 1 fully saturated rings. The first-order valence-corrected chi connectivity index (χ1v) is 12.1. The van der Waals surface area contributed by atoms with Crippen LogP contribution in [-0.4, -0.2) is 61.8 Å². The number of aryl methyl sites for hydroxylation is 2. The highest BCUT2D eigenvalue weighted by Gasteiger charge is 2.27. The van der Waals surface area contributed by atoms with Crippen LogP contribution in [0.25, 0.3) is 0 Å². The number of para-hydroxylation sites is 1. The minimum atomic E-state index is 0.0241. The lowest BCUT2D eigenvalue weighted by molar-refractivity contribution is -0.125. The molecule has 2 aliphatic heterocycles. The van der Waals surface area contributed by atoms with Crippen LogP contribution >= 0.6 is 0 Å². The number of amides is 1. The van der Waals surface area contributed by atoms with Crippen LogP contribution < -0.4 is 15.1 Å². The van der Waals surface area contributed by atoms with Gasteiger partial charge in [0.25, 0.3) is 0 Å². The maximum Gasteiger partial charge on any atom is 0.225 e. The van der Waals surface area contributed by atoms with Crippen molar-refractivity contribution < 1.29 is 9.53 Å². The lowest BCUT2D eigenvalue weighted by Crippen LogP contribution is -2.38. The molecule has 0 unspecified atom stereocenters. The van der Waals surface area contributed by atoms with Gasteiger partial charge in [0.05, 0.1) is 13.2 Å². The van der Waals surface area contributed by atoms with Gasteiger partial charge in [0.1, 0.15) is 0 Å². The van der Waals surface area contributed by atoms with Crippen molar-refractivity contribution in [1.29, 1.82) is 0 Å². The predicted octanol–water partition coefficient (Wildman–Crippen LogP) is 2.38. The standard InChI is InChI=1S/C25H33N5O2/c31-24(26-10-4-12-29-11-3-6-19-5-1-2-7-23(19)29)20-8-9-22-21(17-20)18-27-25(28-22)30-13-15-32-16-14-30/h1-2,5,7,18,20H,3-4,6,8-17H2,(H,26,31)/t20-/m1/s1. The second-order valence-electron chi connectivity index (χ2n) is 9.04. The van der Waals surface area contributed by atoms with Crippen molar-refractivity contribution in [3.05, 3.63) is 47.3 Å². The monoisotopic (exact) mass is 435 g/mol. The van der Waals surface area contributed by atoms with Crippen molar-refractivity contribution in [2.75, 3.05) is 55.7 Å². The van der Waals surface area contributed by atoms with E-state index in [4.69, 9.17) is 9.72 Å². The van der Waals surface area contributed by atoms with Crippen molar-refractivity contribution in [3.63, 3.8) is 0 Å². The Morgan fingerprint density at radius 2 is 2.00 bits per heavy atom. The Kier molecular flexibility index (Phi) is 6.53. The van der Waals surface area contributed by atoms with E-state index in [0.717, 1.165) is 88.8 Å². The Morgan fingerprint density at radius 1 is 1.12 bits per heavy atom. The molecular formula is C25H33N5O2. The molecule has 1 atom stereocenters. The van der Waals surface area contributed by atoms with E-state index in [9.17, 15) is 4.79 Å². The van der Waals surface area contributed by atoms with Crippen molar-refractivity contribution in [3.8, 4) is 0 Å². The van der Waals surface area contributed by atoms with Gasteiger partial charge in [-0.25, -0.2) is 9.97 Å². The third-order valence-electron chi connectivity index (χ3n) is 6.91. The number of hydrogen-bond donors (Lipinski definition) is 1. The minimum Gasteiger partial charge on any atom is -0.378 e. The molecule has 170 valence electrons. The molecule has 1 aromatic carbocycles. The second-order valence-corrected chi connectivity index (χ2v) is 9.04. The molecule has 3 heterocycles. The second kappa shape index (κ2) is 9.86. The summed E-state index contributed by atoms with van der Waals surface area (Å²) < 4.78 is 5.42. The quantitative estimate of drug-likeness (QED) is 0.703. The summed E-state index contributed by atoms with van der Waals surface area (Å²) in [5.74, 6) is 0.997. The molecule has 3 aliphatic rings. The molecule has 5 rings (SSSR count). The topological polar surface area (TPSA) is 70.6 Å². The Labute approximate surface area is 190 Å². The van der Waals surface area contributed by atoms with Gasteiger partial charge in [-0.1, -0.05) is 18.2 Å². The summed E-state index contributed by atoms with van der Waals surface area (Å²) in [7, 11) is 0. The molecule has 1 N–H and O–H groups in total. The van der Waals surface area contributed by atoms with Gasteiger partial charge in [-0.05, 0) is 55.7 Å². The number of nitrogens with zero attached hydrogens (tertiary/aromatic N) is 4. The molecule has 2 aromatic rings. The maximum atomic E-state index is 12.8. The van der Waals surface area contributed by atoms with Crippen LogP contribution in [0, 0.1) is 5.92 Å². The average Bonchev–Trinajstić information content (AvgIpc) is 2.86. The van der Waals surface area contributed by atoms with Crippen molar-refractivity contribution in [2.45, 2.75) is 38.5 Å². The van der Waals surface area contributed by atoms with Crippen LogP contribution in [0.15, 0.2) is 30.5 Å². The zero-order valence-corrected chi connectivity index (χ0v) is 18.8. The fraction of sp³-hybridized carbons (Fsp3) is 0.560. The minimum absolute atomic E-state index is 0.0241. The fourth-order valence-corrected chi connectivity index (χ4v) is 5.11. The highest BCUT2D eigenvalue weighted by molar-refractivity contribution is 5.79. The highest BCUT2D eigenvalue weighted by Crippen LogP contribution is 2.27. The van der Waals surface area contributed by atoms with Crippen LogP contribution in [0.4, 0.5) is 11.6 Å². The van der Waals surface area contributed by atoms with Crippen LogP contribution in [0.2, 0.25) is 0 Å². The Balaban J connectivity index is 1.09. The third kappa shape index (κ3) is 4.72. The SMILES string of the molecule is O=C(NCCCN1CCCc2ccccc21)[C@@H]1CCc2nc(N3CCOCC3)ncc2C1. The normalized spacial score (nSPS) is 20.4. The van der Waals surface area contributed by atoms with Crippen LogP contribution in [0.5, 0.6) is 0 Å². The molecule has 1 saturated heterocycles. The molecule has 7 nitrogen and oxygen atoms in total. The first-order chi connectivity index (χ1) is 15.8. The molecule has 0 saturated carbocycles. The predicted molar refractivity (Wildman–Crippen MR) is 125 cm³/mol. The van der Waals surface area contributed by atoms with E-state index in [-0.39, 0.29) is 11.8 Å². The number of rotatable bonds is 6.